The molecule has 1 amide bonds. The van der Waals surface area contributed by atoms with E-state index in [0.29, 0.717) is 11.3 Å². The molecule has 0 bridgehead atoms. The van der Waals surface area contributed by atoms with Crippen molar-refractivity contribution in [2.24, 2.45) is 0 Å². The molecule has 1 N–H and O–H groups in total. The molecule has 0 unspecified atom stereocenters. The lowest BCUT2D eigenvalue weighted by atomic mass is 10.2. The number of rotatable bonds is 7. The molecule has 0 aromatic heterocycles. The van der Waals surface area contributed by atoms with Gasteiger partial charge in [0.15, 0.2) is 8.32 Å². The Hall–Kier alpha value is -2.22. The van der Waals surface area contributed by atoms with E-state index < -0.39 is 18.2 Å². The lowest BCUT2D eigenvalue weighted by Crippen LogP contribution is -2.41. The number of amides is 1. The topological polar surface area (TPSA) is 72.5 Å². The summed E-state index contributed by atoms with van der Waals surface area (Å²) in [6.45, 7) is 14.1. The Balaban J connectivity index is 2.07. The van der Waals surface area contributed by atoms with Gasteiger partial charge in [-0.25, -0.2) is 8.42 Å². The fraction of sp³-hybridized carbons (Fsp3) is 0.318. The van der Waals surface area contributed by atoms with Gasteiger partial charge in [-0.05, 0) is 54.5 Å². The van der Waals surface area contributed by atoms with E-state index in [1.165, 1.54) is 12.1 Å². The van der Waals surface area contributed by atoms with E-state index in [1.54, 1.807) is 36.4 Å². The second kappa shape index (κ2) is 8.65. The first-order valence-corrected chi connectivity index (χ1v) is 13.8. The van der Waals surface area contributed by atoms with Crippen molar-refractivity contribution in [2.45, 2.75) is 43.8 Å². The molecule has 0 saturated carbocycles. The minimum atomic E-state index is -3.71. The van der Waals surface area contributed by atoms with Crippen LogP contribution in [0.1, 0.15) is 31.1 Å². The maximum absolute atomic E-state index is 12.8. The second-order valence-electron chi connectivity index (χ2n) is 8.44. The van der Waals surface area contributed by atoms with Crippen LogP contribution >= 0.6 is 0 Å². The van der Waals surface area contributed by atoms with Gasteiger partial charge in [0.2, 0.25) is 9.84 Å². The molecule has 2 rings (SSSR count). The molecule has 0 atom stereocenters. The fourth-order valence-electron chi connectivity index (χ4n) is 2.23. The van der Waals surface area contributed by atoms with Crippen molar-refractivity contribution in [1.82, 2.24) is 0 Å². The van der Waals surface area contributed by atoms with Crippen molar-refractivity contribution < 1.29 is 17.6 Å². The van der Waals surface area contributed by atoms with Gasteiger partial charge in [0.25, 0.3) is 5.91 Å². The Morgan fingerprint density at radius 2 is 1.59 bits per heavy atom. The molecule has 0 aliphatic carbocycles. The largest absolute Gasteiger partial charge is 0.412 e. The molecule has 29 heavy (non-hydrogen) atoms. The van der Waals surface area contributed by atoms with Crippen LogP contribution in [0.2, 0.25) is 18.1 Å². The number of carbonyl (C=O) groups excluding carboxylic acids is 1. The van der Waals surface area contributed by atoms with E-state index >= 15 is 0 Å². The number of sulfone groups is 1. The average molecular weight is 432 g/mol. The number of nitrogens with one attached hydrogen (secondary N) is 1. The lowest BCUT2D eigenvalue weighted by molar-refractivity contribution is 0.102. The maximum atomic E-state index is 12.8. The third-order valence-corrected chi connectivity index (χ3v) is 11.5. The zero-order valence-corrected chi connectivity index (χ0v) is 19.5. The van der Waals surface area contributed by atoms with E-state index in [-0.39, 0.29) is 27.4 Å². The van der Waals surface area contributed by atoms with Crippen molar-refractivity contribution in [3.05, 3.63) is 71.6 Å². The summed E-state index contributed by atoms with van der Waals surface area (Å²) < 4.78 is 31.6. The van der Waals surface area contributed by atoms with Crippen LogP contribution in [0, 0.1) is 0 Å². The molecule has 0 aliphatic rings. The number of hydrogen-bond donors (Lipinski definition) is 1. The summed E-state index contributed by atoms with van der Waals surface area (Å²) in [5, 5.41) is 2.73. The summed E-state index contributed by atoms with van der Waals surface area (Å²) in [5.41, 5.74) is 1.04. The Bertz CT molecular complexity index is 976. The van der Waals surface area contributed by atoms with Crippen molar-refractivity contribution in [3.63, 3.8) is 0 Å². The Morgan fingerprint density at radius 3 is 2.10 bits per heavy atom. The Kier molecular flexibility index (Phi) is 6.88. The normalized spacial score (nSPS) is 12.4. The SMILES string of the molecule is C=C(CO[Si](C)(C)C(C)(C)C)S(=O)(=O)c1ccc(NC(=O)c2ccccc2)cc1. The van der Waals surface area contributed by atoms with Gasteiger partial charge < -0.3 is 9.74 Å². The van der Waals surface area contributed by atoms with Crippen LogP contribution in [0.4, 0.5) is 5.69 Å². The van der Waals surface area contributed by atoms with E-state index in [4.69, 9.17) is 4.43 Å². The highest BCUT2D eigenvalue weighted by molar-refractivity contribution is 7.95. The summed E-state index contributed by atoms with van der Waals surface area (Å²) in [5.74, 6) is -0.256. The third kappa shape index (κ3) is 5.65. The molecule has 2 aromatic rings. The zero-order valence-electron chi connectivity index (χ0n) is 17.7. The summed E-state index contributed by atoms with van der Waals surface area (Å²) in [7, 11) is -5.79. The summed E-state index contributed by atoms with van der Waals surface area (Å²) >= 11 is 0. The number of benzene rings is 2. The lowest BCUT2D eigenvalue weighted by Gasteiger charge is -2.36. The first-order valence-electron chi connectivity index (χ1n) is 9.38. The minimum absolute atomic E-state index is 0.0182. The third-order valence-electron chi connectivity index (χ3n) is 5.24. The van der Waals surface area contributed by atoms with Gasteiger partial charge in [-0.3, -0.25) is 4.79 Å². The molecule has 0 aliphatic heterocycles. The van der Waals surface area contributed by atoms with Gasteiger partial charge in [0.1, 0.15) is 0 Å². The number of hydrogen-bond acceptors (Lipinski definition) is 4. The highest BCUT2D eigenvalue weighted by Gasteiger charge is 2.37. The predicted molar refractivity (Wildman–Crippen MR) is 120 cm³/mol. The van der Waals surface area contributed by atoms with Crippen LogP contribution in [0.25, 0.3) is 0 Å². The van der Waals surface area contributed by atoms with Crippen LogP contribution in [0.3, 0.4) is 0 Å². The second-order valence-corrected chi connectivity index (χ2v) is 15.3. The van der Waals surface area contributed by atoms with Crippen molar-refractivity contribution >= 4 is 29.7 Å². The molecule has 0 heterocycles. The molecule has 0 spiro atoms. The van der Waals surface area contributed by atoms with Gasteiger partial charge in [-0.1, -0.05) is 45.5 Å². The molecule has 0 radical (unpaired) electrons. The predicted octanol–water partition coefficient (Wildman–Crippen LogP) is 5.25. The first-order chi connectivity index (χ1) is 13.3. The Morgan fingerprint density at radius 1 is 1.03 bits per heavy atom. The number of carbonyl (C=O) groups is 1. The zero-order chi connectivity index (χ0) is 21.9. The van der Waals surface area contributed by atoms with Crippen LogP contribution in [-0.2, 0) is 14.3 Å². The van der Waals surface area contributed by atoms with E-state index in [0.717, 1.165) is 0 Å². The van der Waals surface area contributed by atoms with Crippen LogP contribution < -0.4 is 5.32 Å². The van der Waals surface area contributed by atoms with Crippen LogP contribution in [0.5, 0.6) is 0 Å². The average Bonchev–Trinajstić information content (AvgIpc) is 2.66. The quantitative estimate of drug-likeness (QED) is 0.608. The standard InChI is InChI=1S/C22H29NO4SSi/c1-17(16-27-29(5,6)22(2,3)4)28(25,26)20-14-12-19(13-15-20)23-21(24)18-10-8-7-9-11-18/h7-15H,1,16H2,2-6H3,(H,23,24). The van der Waals surface area contributed by atoms with Gasteiger partial charge in [0.05, 0.1) is 16.4 Å². The summed E-state index contributed by atoms with van der Waals surface area (Å²) in [6, 6.07) is 14.9. The highest BCUT2D eigenvalue weighted by atomic mass is 32.2. The molecule has 7 heteroatoms. The molecule has 2 aromatic carbocycles. The minimum Gasteiger partial charge on any atom is -0.412 e. The van der Waals surface area contributed by atoms with Gasteiger partial charge >= 0.3 is 0 Å². The molecule has 5 nitrogen and oxygen atoms in total. The summed E-state index contributed by atoms with van der Waals surface area (Å²) in [6.07, 6.45) is 0. The maximum Gasteiger partial charge on any atom is 0.255 e. The van der Waals surface area contributed by atoms with Gasteiger partial charge in [-0.15, -0.1) is 0 Å². The molecule has 0 saturated heterocycles. The van der Waals surface area contributed by atoms with Gasteiger partial charge in [-0.2, -0.15) is 0 Å². The Labute approximate surface area is 174 Å². The van der Waals surface area contributed by atoms with Crippen molar-refractivity contribution in [3.8, 4) is 0 Å². The molecule has 0 fully saturated rings. The summed E-state index contributed by atoms with van der Waals surface area (Å²) in [4.78, 5) is 12.4. The molecular weight excluding hydrogens is 402 g/mol. The van der Waals surface area contributed by atoms with E-state index in [1.807, 2.05) is 6.07 Å². The van der Waals surface area contributed by atoms with E-state index in [2.05, 4.69) is 45.8 Å². The van der Waals surface area contributed by atoms with Crippen LogP contribution in [0.15, 0.2) is 71.0 Å². The first kappa shape index (κ1) is 23.1. The van der Waals surface area contributed by atoms with Crippen LogP contribution in [-0.4, -0.2) is 29.2 Å². The molecular formula is C22H29NO4SSi. The fourth-order valence-corrected chi connectivity index (χ4v) is 4.35. The van der Waals surface area contributed by atoms with Crippen molar-refractivity contribution in [2.75, 3.05) is 11.9 Å². The van der Waals surface area contributed by atoms with Crippen molar-refractivity contribution in [1.29, 1.82) is 0 Å². The highest BCUT2D eigenvalue weighted by Crippen LogP contribution is 2.37. The monoisotopic (exact) mass is 431 g/mol. The van der Waals surface area contributed by atoms with Gasteiger partial charge in [0, 0.05) is 11.3 Å². The smallest absolute Gasteiger partial charge is 0.255 e. The van der Waals surface area contributed by atoms with E-state index in [9.17, 15) is 13.2 Å². The number of anilines is 1. The molecule has 156 valence electrons.